The Morgan fingerprint density at radius 2 is 1.78 bits per heavy atom. The van der Waals surface area contributed by atoms with E-state index in [4.69, 9.17) is 15.2 Å². The monoisotopic (exact) mass is 928 g/mol. The lowest BCUT2D eigenvalue weighted by Crippen LogP contribution is -2.78. The minimum atomic E-state index is -1.19. The number of ether oxygens (including phenoxy) is 2. The van der Waals surface area contributed by atoms with E-state index in [1.165, 1.54) is 88.2 Å². The third-order valence-electron chi connectivity index (χ3n) is 23.9. The molecule has 3 saturated carbocycles. The first-order chi connectivity index (χ1) is 33.6. The molecular weight excluding hydrogens is 855 g/mol. The molecule has 0 amide bonds. The number of piperidine rings is 3. The van der Waals surface area contributed by atoms with Crippen molar-refractivity contribution >= 4 is 11.9 Å². The average Bonchev–Trinajstić information content (AvgIpc) is 4.01. The highest BCUT2D eigenvalue weighted by molar-refractivity contribution is 6.01. The van der Waals surface area contributed by atoms with Crippen LogP contribution in [0.15, 0.2) is 58.2 Å². The zero-order chi connectivity index (χ0) is 46.1. The molecule has 3 N–H and O–H groups in total. The third-order valence-corrected chi connectivity index (χ3v) is 23.9. The van der Waals surface area contributed by atoms with Gasteiger partial charge in [-0.05, 0) is 173 Å². The van der Waals surface area contributed by atoms with E-state index >= 15 is 9.59 Å². The van der Waals surface area contributed by atoms with Gasteiger partial charge in [0.05, 0.1) is 11.0 Å². The Kier molecular flexibility index (Phi) is 8.49. The van der Waals surface area contributed by atoms with E-state index in [1.807, 2.05) is 0 Å². The third kappa shape index (κ3) is 4.81. The largest absolute Gasteiger partial charge is 0.508 e. The van der Waals surface area contributed by atoms with Crippen LogP contribution in [0.2, 0.25) is 0 Å². The Bertz CT molecular complexity index is 2730. The SMILES string of the molecule is C[C@@H]1/C=C\[C@H]2C[C@H]3[C@@H]4C5=C2[C@@]26C(=O)O/C7=C(/O)[C@H]8[C@H]([C@@H]9CCCC%10(CCCC%10)C9)N9C[C@@H]%10C[C@@H](CN%11C4=C(CC[C@H]%10%11)C[C@@H]3C)[C@@H]9C[C@H]8C#CCc3ccc(CCCN)c4c3[C@@](OC4=O)([C@H]2C1)[C@]76CC5. The van der Waals surface area contributed by atoms with Crippen molar-refractivity contribution in [3.8, 4) is 11.8 Å². The molecule has 1 aromatic carbocycles. The Balaban J connectivity index is 1.04. The highest BCUT2D eigenvalue weighted by atomic mass is 16.6. The molecule has 6 aliphatic heterocycles. The number of benzene rings is 1. The fourth-order valence-electron chi connectivity index (χ4n) is 22.0. The van der Waals surface area contributed by atoms with Crippen LogP contribution in [0.4, 0.5) is 0 Å². The average molecular weight is 928 g/mol. The quantitative estimate of drug-likeness (QED) is 0.175. The van der Waals surface area contributed by atoms with Gasteiger partial charge in [-0.25, -0.2) is 4.79 Å². The summed E-state index contributed by atoms with van der Waals surface area (Å²) in [6.07, 6.45) is 26.3. The van der Waals surface area contributed by atoms with Crippen LogP contribution in [0, 0.1) is 93.2 Å². The van der Waals surface area contributed by atoms with Crippen LogP contribution >= 0.6 is 0 Å². The molecular formula is C61H73N3O5. The van der Waals surface area contributed by atoms with Crippen molar-refractivity contribution in [3.05, 3.63) is 80.5 Å². The Morgan fingerprint density at radius 3 is 2.65 bits per heavy atom. The van der Waals surface area contributed by atoms with E-state index in [0.29, 0.717) is 96.4 Å². The number of carbonyl (C=O) groups is 2. The summed E-state index contributed by atoms with van der Waals surface area (Å²) in [5.74, 6) is 10.6. The van der Waals surface area contributed by atoms with E-state index < -0.39 is 16.4 Å². The number of fused-ring (bicyclic) bond motifs is 11. The maximum atomic E-state index is 16.5. The normalized spacial score (nSPS) is 48.8. The Labute approximate surface area is 409 Å². The highest BCUT2D eigenvalue weighted by Crippen LogP contribution is 2.88. The van der Waals surface area contributed by atoms with Gasteiger partial charge in [0.25, 0.3) is 0 Å². The van der Waals surface area contributed by atoms with Crippen molar-refractivity contribution in [3.63, 3.8) is 0 Å². The van der Waals surface area contributed by atoms with Gasteiger partial charge in [0.1, 0.15) is 11.2 Å². The van der Waals surface area contributed by atoms with Gasteiger partial charge in [0, 0.05) is 72.6 Å². The van der Waals surface area contributed by atoms with Gasteiger partial charge in [-0.15, -0.1) is 0 Å². The van der Waals surface area contributed by atoms with Gasteiger partial charge in [0.2, 0.25) is 0 Å². The fourth-order valence-corrected chi connectivity index (χ4v) is 22.0. The molecule has 15 rings (SSSR count). The second-order valence-corrected chi connectivity index (χ2v) is 26.4. The number of aliphatic hydroxyl groups is 1. The topological polar surface area (TPSA) is 105 Å². The number of nitrogens with two attached hydrogens (primary N) is 1. The molecule has 0 radical (unpaired) electrons. The van der Waals surface area contributed by atoms with Crippen LogP contribution in [0.25, 0.3) is 0 Å². The molecule has 7 fully saturated rings. The molecule has 14 aliphatic rings. The summed E-state index contributed by atoms with van der Waals surface area (Å²) in [6.45, 7) is 7.61. The van der Waals surface area contributed by atoms with Crippen LogP contribution in [-0.2, 0) is 32.7 Å². The lowest BCUT2D eigenvalue weighted by molar-refractivity contribution is -0.282. The summed E-state index contributed by atoms with van der Waals surface area (Å²) in [5.41, 5.74) is 13.1. The molecule has 4 saturated heterocycles. The molecule has 17 atom stereocenters. The van der Waals surface area contributed by atoms with E-state index in [0.717, 1.165) is 55.5 Å². The second-order valence-electron chi connectivity index (χ2n) is 26.4. The first kappa shape index (κ1) is 41.8. The number of hydrogen-bond donors (Lipinski definition) is 2. The van der Waals surface area contributed by atoms with Crippen molar-refractivity contribution < 1.29 is 24.2 Å². The van der Waals surface area contributed by atoms with E-state index in [2.05, 4.69) is 59.8 Å². The molecule has 8 aliphatic carbocycles. The summed E-state index contributed by atoms with van der Waals surface area (Å²) < 4.78 is 14.8. The Morgan fingerprint density at radius 1 is 0.928 bits per heavy atom. The number of aliphatic hydroxyl groups excluding tert-OH is 1. The first-order valence-electron chi connectivity index (χ1n) is 28.5. The van der Waals surface area contributed by atoms with Gasteiger partial charge < -0.3 is 25.2 Å². The maximum absolute atomic E-state index is 16.5. The predicted molar refractivity (Wildman–Crippen MR) is 262 cm³/mol. The summed E-state index contributed by atoms with van der Waals surface area (Å²) in [7, 11) is 0. The second kappa shape index (κ2) is 14.0. The summed E-state index contributed by atoms with van der Waals surface area (Å²) in [5, 5.41) is 14.3. The number of carbonyl (C=O) groups excluding carboxylic acids is 2. The number of nitrogens with zero attached hydrogens (tertiary/aromatic N) is 2. The van der Waals surface area contributed by atoms with Gasteiger partial charge in [0.15, 0.2) is 11.4 Å². The summed E-state index contributed by atoms with van der Waals surface area (Å²) >= 11 is 0. The van der Waals surface area contributed by atoms with Gasteiger partial charge >= 0.3 is 11.9 Å². The van der Waals surface area contributed by atoms with E-state index in [9.17, 15) is 5.11 Å². The Hall–Kier alpha value is -3.80. The minimum absolute atomic E-state index is 0.0809. The molecule has 2 bridgehead atoms. The molecule has 8 nitrogen and oxygen atoms in total. The van der Waals surface area contributed by atoms with Crippen molar-refractivity contribution in [2.24, 2.45) is 87.1 Å². The van der Waals surface area contributed by atoms with Gasteiger partial charge in [-0.1, -0.05) is 80.4 Å². The lowest BCUT2D eigenvalue weighted by atomic mass is 9.27. The van der Waals surface area contributed by atoms with Crippen molar-refractivity contribution in [1.82, 2.24) is 9.80 Å². The van der Waals surface area contributed by atoms with Crippen molar-refractivity contribution in [2.45, 2.75) is 166 Å². The first-order valence-corrected chi connectivity index (χ1v) is 28.5. The lowest BCUT2D eigenvalue weighted by Gasteiger charge is -2.73. The molecule has 4 spiro atoms. The fraction of sp³-hybridized carbons (Fsp3) is 0.705. The number of rotatable bonds is 4. The zero-order valence-corrected chi connectivity index (χ0v) is 41.2. The van der Waals surface area contributed by atoms with Crippen LogP contribution < -0.4 is 5.73 Å². The summed E-state index contributed by atoms with van der Waals surface area (Å²) in [4.78, 5) is 38.0. The maximum Gasteiger partial charge on any atom is 0.339 e. The molecule has 0 aromatic heterocycles. The van der Waals surface area contributed by atoms with Crippen molar-refractivity contribution in [2.75, 3.05) is 19.6 Å². The van der Waals surface area contributed by atoms with Crippen LogP contribution in [0.1, 0.15) is 156 Å². The van der Waals surface area contributed by atoms with Crippen LogP contribution in [0.3, 0.4) is 0 Å². The molecule has 6 heterocycles. The molecule has 1 aromatic rings. The van der Waals surface area contributed by atoms with Gasteiger partial charge in [-0.3, -0.25) is 9.69 Å². The highest BCUT2D eigenvalue weighted by Gasteiger charge is 2.94. The number of hydrogen-bond acceptors (Lipinski definition) is 8. The molecule has 69 heavy (non-hydrogen) atoms. The number of aryl methyl sites for hydroxylation is 1. The molecule has 8 heteroatoms. The molecule has 362 valence electrons. The van der Waals surface area contributed by atoms with Gasteiger partial charge in [-0.2, -0.15) is 0 Å². The predicted octanol–water partition coefficient (Wildman–Crippen LogP) is 10.2. The zero-order valence-electron chi connectivity index (χ0n) is 41.2. The van der Waals surface area contributed by atoms with Crippen LogP contribution in [0.5, 0.6) is 0 Å². The summed E-state index contributed by atoms with van der Waals surface area (Å²) in [6, 6.07) is 5.44. The van der Waals surface area contributed by atoms with E-state index in [-0.39, 0.29) is 53.5 Å². The molecule has 0 unspecified atom stereocenters. The standard InChI is InChI=1S/C61H73N3O5/c1-32-12-13-37-27-43-33(2)25-38-16-17-44-40-26-41-31-63(44)52(38)49(43)42-18-22-59-55-54(65)48-36(28-45(41)64(30-40)53(48)39-10-6-21-58(29-39)19-3-4-20-58)9-5-8-35-15-14-34(11-7-23-62)47-51(35)61(59,69-56(47)66)46(24-32)60(59,50(37)42)57(67)68-55/h12-15,32-33,36-37,39-41,43-46,48-49,53,65H,3-4,6-8,10-11,16-31,62H2,1-2H3/b13-12-,55-54+/t32-,33+,36-,37+,39-,40+,41+,43-,44-,45+,46+,48-,49+,53+,59-,60-,61+/m1/s1. The van der Waals surface area contributed by atoms with Crippen LogP contribution in [-0.4, -0.2) is 64.6 Å². The number of allylic oxidation sites excluding steroid dienone is 4. The minimum Gasteiger partial charge on any atom is -0.508 e. The number of esters is 2. The smallest absolute Gasteiger partial charge is 0.339 e. The van der Waals surface area contributed by atoms with E-state index in [1.54, 1.807) is 11.3 Å². The van der Waals surface area contributed by atoms with Crippen molar-refractivity contribution in [1.29, 1.82) is 0 Å².